The normalized spacial score (nSPS) is 30.1. The highest BCUT2D eigenvalue weighted by atomic mass is 16.6. The van der Waals surface area contributed by atoms with E-state index >= 15 is 0 Å². The van der Waals surface area contributed by atoms with Crippen LogP contribution in [0.1, 0.15) is 70.6 Å². The van der Waals surface area contributed by atoms with Gasteiger partial charge in [-0.1, -0.05) is 38.7 Å². The first-order valence-electron chi connectivity index (χ1n) is 9.24. The van der Waals surface area contributed by atoms with Crippen molar-refractivity contribution in [3.05, 3.63) is 12.7 Å². The molecule has 2 unspecified atom stereocenters. The first-order valence-corrected chi connectivity index (χ1v) is 9.24. The molecule has 0 aromatic carbocycles. The van der Waals surface area contributed by atoms with Crippen molar-refractivity contribution in [1.29, 1.82) is 0 Å². The zero-order valence-corrected chi connectivity index (χ0v) is 13.7. The van der Waals surface area contributed by atoms with Gasteiger partial charge in [0.05, 0.1) is 6.10 Å². The van der Waals surface area contributed by atoms with Crippen LogP contribution in [-0.2, 0) is 14.3 Å². The summed E-state index contributed by atoms with van der Waals surface area (Å²) in [7, 11) is 0. The summed E-state index contributed by atoms with van der Waals surface area (Å²) in [5.41, 5.74) is -0.390. The van der Waals surface area contributed by atoms with Gasteiger partial charge < -0.3 is 9.47 Å². The third-order valence-electron chi connectivity index (χ3n) is 6.11. The molecule has 1 aliphatic heterocycles. The average molecular weight is 306 g/mol. The third kappa shape index (κ3) is 2.97. The quantitative estimate of drug-likeness (QED) is 0.558. The summed E-state index contributed by atoms with van der Waals surface area (Å²) in [6, 6.07) is 0. The fraction of sp³-hybridized carbons (Fsp3) is 0.842. The number of hydrogen-bond acceptors (Lipinski definition) is 3. The van der Waals surface area contributed by atoms with E-state index in [0.717, 1.165) is 19.4 Å². The average Bonchev–Trinajstić information content (AvgIpc) is 3.26. The lowest BCUT2D eigenvalue weighted by Crippen LogP contribution is -2.57. The van der Waals surface area contributed by atoms with E-state index in [1.165, 1.54) is 63.9 Å². The smallest absolute Gasteiger partial charge is 0.330 e. The van der Waals surface area contributed by atoms with Crippen LogP contribution in [0.25, 0.3) is 0 Å². The zero-order chi connectivity index (χ0) is 15.4. The Hall–Kier alpha value is -0.830. The molecule has 124 valence electrons. The van der Waals surface area contributed by atoms with Gasteiger partial charge in [0.25, 0.3) is 0 Å². The minimum absolute atomic E-state index is 0.0996. The molecule has 0 aromatic heterocycles. The van der Waals surface area contributed by atoms with Gasteiger partial charge in [0.15, 0.2) is 0 Å². The van der Waals surface area contributed by atoms with Crippen molar-refractivity contribution in [2.24, 2.45) is 11.8 Å². The van der Waals surface area contributed by atoms with Crippen LogP contribution in [0.15, 0.2) is 12.7 Å². The number of ether oxygens (including phenoxy) is 2. The van der Waals surface area contributed by atoms with Gasteiger partial charge in [-0.15, -0.1) is 0 Å². The van der Waals surface area contributed by atoms with E-state index in [2.05, 4.69) is 6.58 Å². The molecule has 2 saturated carbocycles. The van der Waals surface area contributed by atoms with E-state index in [0.29, 0.717) is 11.8 Å². The van der Waals surface area contributed by atoms with Gasteiger partial charge in [0, 0.05) is 24.5 Å². The van der Waals surface area contributed by atoms with Crippen LogP contribution >= 0.6 is 0 Å². The van der Waals surface area contributed by atoms with Crippen molar-refractivity contribution in [2.45, 2.75) is 82.3 Å². The van der Waals surface area contributed by atoms with Gasteiger partial charge in [0.1, 0.15) is 5.60 Å². The molecule has 3 heteroatoms. The first-order chi connectivity index (χ1) is 10.8. The molecular formula is C19H30O3. The summed E-state index contributed by atoms with van der Waals surface area (Å²) in [5.74, 6) is 0.687. The fourth-order valence-corrected chi connectivity index (χ4v) is 5.17. The van der Waals surface area contributed by atoms with Gasteiger partial charge in [-0.3, -0.25) is 0 Å². The lowest BCUT2D eigenvalue weighted by Gasteiger charge is -2.49. The highest BCUT2D eigenvalue weighted by Gasteiger charge is 2.55. The fourth-order valence-electron chi connectivity index (χ4n) is 5.17. The summed E-state index contributed by atoms with van der Waals surface area (Å²) >= 11 is 0. The third-order valence-corrected chi connectivity index (χ3v) is 6.11. The monoisotopic (exact) mass is 306 g/mol. The second kappa shape index (κ2) is 7.16. The molecule has 3 nitrogen and oxygen atoms in total. The van der Waals surface area contributed by atoms with Crippen molar-refractivity contribution < 1.29 is 14.3 Å². The molecule has 22 heavy (non-hydrogen) atoms. The number of hydrogen-bond donors (Lipinski definition) is 0. The summed E-state index contributed by atoms with van der Waals surface area (Å²) in [5, 5.41) is 0. The minimum Gasteiger partial charge on any atom is -0.453 e. The first kappa shape index (κ1) is 16.0. The van der Waals surface area contributed by atoms with E-state index < -0.39 is 5.60 Å². The van der Waals surface area contributed by atoms with Gasteiger partial charge in [-0.2, -0.15) is 0 Å². The maximum absolute atomic E-state index is 12.2. The van der Waals surface area contributed by atoms with Gasteiger partial charge >= 0.3 is 5.97 Å². The van der Waals surface area contributed by atoms with Crippen LogP contribution in [0, 0.1) is 11.8 Å². The molecule has 3 rings (SSSR count). The Morgan fingerprint density at radius 3 is 2.05 bits per heavy atom. The molecule has 0 amide bonds. The lowest BCUT2D eigenvalue weighted by molar-refractivity contribution is -0.201. The summed E-state index contributed by atoms with van der Waals surface area (Å²) in [4.78, 5) is 12.2. The van der Waals surface area contributed by atoms with E-state index in [-0.39, 0.29) is 12.1 Å². The Morgan fingerprint density at radius 1 is 0.955 bits per heavy atom. The highest BCUT2D eigenvalue weighted by molar-refractivity contribution is 5.81. The number of rotatable bonds is 5. The maximum Gasteiger partial charge on any atom is 0.330 e. The molecule has 3 fully saturated rings. The van der Waals surface area contributed by atoms with Crippen molar-refractivity contribution in [3.8, 4) is 0 Å². The molecule has 0 radical (unpaired) electrons. The molecule has 0 N–H and O–H groups in total. The predicted octanol–water partition coefficient (Wildman–Crippen LogP) is 4.40. The van der Waals surface area contributed by atoms with Crippen LogP contribution < -0.4 is 0 Å². The molecule has 0 bridgehead atoms. The van der Waals surface area contributed by atoms with Crippen molar-refractivity contribution in [3.63, 3.8) is 0 Å². The maximum atomic E-state index is 12.2. The molecule has 0 aromatic rings. The van der Waals surface area contributed by atoms with E-state index in [4.69, 9.17) is 9.47 Å². The van der Waals surface area contributed by atoms with Crippen molar-refractivity contribution >= 4 is 5.97 Å². The Balaban J connectivity index is 1.94. The van der Waals surface area contributed by atoms with E-state index in [1.54, 1.807) is 0 Å². The second-order valence-corrected chi connectivity index (χ2v) is 7.30. The van der Waals surface area contributed by atoms with Crippen LogP contribution in [0.5, 0.6) is 0 Å². The van der Waals surface area contributed by atoms with Crippen molar-refractivity contribution in [2.75, 3.05) is 6.61 Å². The topological polar surface area (TPSA) is 35.5 Å². The predicted molar refractivity (Wildman–Crippen MR) is 86.5 cm³/mol. The molecule has 1 saturated heterocycles. The molecule has 2 atom stereocenters. The minimum atomic E-state index is -0.390. The van der Waals surface area contributed by atoms with Gasteiger partial charge in [-0.05, 0) is 38.5 Å². The largest absolute Gasteiger partial charge is 0.453 e. The number of esters is 1. The SMILES string of the molecule is C=CC(=O)OC(C1CCCCC1)(C1CCCC1)C1CCCO1. The Morgan fingerprint density at radius 2 is 1.55 bits per heavy atom. The Bertz CT molecular complexity index is 369. The summed E-state index contributed by atoms with van der Waals surface area (Å²) in [6.07, 6.45) is 14.7. The highest BCUT2D eigenvalue weighted by Crippen LogP contribution is 2.50. The molecule has 1 heterocycles. The van der Waals surface area contributed by atoms with Crippen LogP contribution in [0.4, 0.5) is 0 Å². The summed E-state index contributed by atoms with van der Waals surface area (Å²) in [6.45, 7) is 4.44. The molecule has 3 aliphatic rings. The number of carbonyl (C=O) groups is 1. The standard InChI is InChI=1S/C19H30O3/c1-2-18(20)22-19(16-11-6-7-12-16,17-13-8-14-21-17)15-9-4-3-5-10-15/h2,15-17H,1,3-14H2. The van der Waals surface area contributed by atoms with E-state index in [1.807, 2.05) is 0 Å². The molecule has 0 spiro atoms. The Labute approximate surface area is 134 Å². The zero-order valence-electron chi connectivity index (χ0n) is 13.7. The van der Waals surface area contributed by atoms with Crippen LogP contribution in [-0.4, -0.2) is 24.3 Å². The van der Waals surface area contributed by atoms with Gasteiger partial charge in [0.2, 0.25) is 0 Å². The second-order valence-electron chi connectivity index (χ2n) is 7.30. The van der Waals surface area contributed by atoms with Crippen molar-refractivity contribution in [1.82, 2.24) is 0 Å². The van der Waals surface area contributed by atoms with Crippen LogP contribution in [0.2, 0.25) is 0 Å². The Kier molecular flexibility index (Phi) is 5.22. The van der Waals surface area contributed by atoms with Crippen LogP contribution in [0.3, 0.4) is 0 Å². The van der Waals surface area contributed by atoms with E-state index in [9.17, 15) is 4.79 Å². The number of carbonyl (C=O) groups excluding carboxylic acids is 1. The molecular weight excluding hydrogens is 276 g/mol. The molecule has 2 aliphatic carbocycles. The summed E-state index contributed by atoms with van der Waals surface area (Å²) < 4.78 is 12.3. The van der Waals surface area contributed by atoms with Gasteiger partial charge in [-0.25, -0.2) is 4.79 Å². The lowest BCUT2D eigenvalue weighted by atomic mass is 9.66.